The van der Waals surface area contributed by atoms with Gasteiger partial charge in [-0.1, -0.05) is 0 Å². The maximum atomic E-state index is 12.2. The largest absolute Gasteiger partial charge is 0.573 e. The number of aryl methyl sites for hydroxylation is 1. The van der Waals surface area contributed by atoms with Crippen LogP contribution in [0.1, 0.15) is 26.5 Å². The molecule has 0 saturated carbocycles. The highest BCUT2D eigenvalue weighted by molar-refractivity contribution is 5.73. The zero-order valence-corrected chi connectivity index (χ0v) is 13.6. The molecule has 2 aromatic rings. The highest BCUT2D eigenvalue weighted by Crippen LogP contribution is 2.26. The van der Waals surface area contributed by atoms with Crippen LogP contribution in [-0.2, 0) is 4.74 Å². The van der Waals surface area contributed by atoms with Gasteiger partial charge in [0.1, 0.15) is 11.4 Å². The van der Waals surface area contributed by atoms with Gasteiger partial charge in [0, 0.05) is 11.3 Å². The van der Waals surface area contributed by atoms with Crippen molar-refractivity contribution in [1.82, 2.24) is 9.78 Å². The van der Waals surface area contributed by atoms with Gasteiger partial charge in [-0.15, -0.1) is 13.2 Å². The first-order valence-electron chi connectivity index (χ1n) is 7.11. The number of aromatic nitrogens is 2. The van der Waals surface area contributed by atoms with Gasteiger partial charge in [0.15, 0.2) is 0 Å². The van der Waals surface area contributed by atoms with Crippen LogP contribution in [-0.4, -0.2) is 27.8 Å². The summed E-state index contributed by atoms with van der Waals surface area (Å²) in [5.41, 5.74) is 0.883. The molecule has 0 aliphatic heterocycles. The van der Waals surface area contributed by atoms with E-state index in [1.165, 1.54) is 24.3 Å². The lowest BCUT2D eigenvalue weighted by atomic mass is 10.1. The maximum Gasteiger partial charge on any atom is 0.573 e. The number of alkyl halides is 3. The Morgan fingerprint density at radius 1 is 1.12 bits per heavy atom. The molecule has 0 unspecified atom stereocenters. The first-order valence-corrected chi connectivity index (χ1v) is 7.11. The molecule has 0 atom stereocenters. The summed E-state index contributed by atoms with van der Waals surface area (Å²) in [6.45, 7) is 6.90. The third-order valence-electron chi connectivity index (χ3n) is 2.84. The van der Waals surface area contributed by atoms with Crippen LogP contribution >= 0.6 is 0 Å². The average Bonchev–Trinajstić information content (AvgIpc) is 2.78. The number of carbonyl (C=O) groups excluding carboxylic acids is 1. The predicted octanol–water partition coefficient (Wildman–Crippen LogP) is 4.54. The monoisotopic (exact) mass is 342 g/mol. The quantitative estimate of drug-likeness (QED) is 0.804. The van der Waals surface area contributed by atoms with Crippen LogP contribution in [0.4, 0.5) is 18.0 Å². The lowest BCUT2D eigenvalue weighted by Crippen LogP contribution is -2.28. The maximum absolute atomic E-state index is 12.2. The summed E-state index contributed by atoms with van der Waals surface area (Å²) in [6.07, 6.45) is -5.36. The predicted molar refractivity (Wildman–Crippen MR) is 80.7 cm³/mol. The van der Waals surface area contributed by atoms with E-state index >= 15 is 0 Å². The van der Waals surface area contributed by atoms with Crippen LogP contribution in [0.25, 0.3) is 11.3 Å². The van der Waals surface area contributed by atoms with Crippen molar-refractivity contribution in [1.29, 1.82) is 0 Å². The van der Waals surface area contributed by atoms with Gasteiger partial charge in [-0.2, -0.15) is 9.78 Å². The zero-order valence-electron chi connectivity index (χ0n) is 13.6. The summed E-state index contributed by atoms with van der Waals surface area (Å²) < 4.78 is 46.6. The fourth-order valence-electron chi connectivity index (χ4n) is 1.93. The van der Waals surface area contributed by atoms with E-state index in [1.807, 2.05) is 0 Å². The molecule has 130 valence electrons. The van der Waals surface area contributed by atoms with Crippen molar-refractivity contribution >= 4 is 6.09 Å². The van der Waals surface area contributed by atoms with Gasteiger partial charge >= 0.3 is 12.5 Å². The lowest BCUT2D eigenvalue weighted by molar-refractivity contribution is -0.274. The molecule has 0 aliphatic rings. The number of rotatable bonds is 2. The van der Waals surface area contributed by atoms with Crippen molar-refractivity contribution in [2.45, 2.75) is 39.7 Å². The van der Waals surface area contributed by atoms with E-state index in [9.17, 15) is 18.0 Å². The van der Waals surface area contributed by atoms with Crippen molar-refractivity contribution < 1.29 is 27.4 Å². The number of nitrogens with zero attached hydrogens (tertiary/aromatic N) is 2. The summed E-state index contributed by atoms with van der Waals surface area (Å²) in [5.74, 6) is -0.324. The summed E-state index contributed by atoms with van der Waals surface area (Å²) in [5, 5.41) is 4.15. The minimum atomic E-state index is -4.74. The second-order valence-electron chi connectivity index (χ2n) is 6.14. The molecule has 0 aliphatic carbocycles. The van der Waals surface area contributed by atoms with Crippen LogP contribution in [0.15, 0.2) is 30.3 Å². The smallest absolute Gasteiger partial charge is 0.442 e. The van der Waals surface area contributed by atoms with E-state index in [4.69, 9.17) is 4.74 Å². The molecule has 0 bridgehead atoms. The van der Waals surface area contributed by atoms with Crippen LogP contribution in [0.2, 0.25) is 0 Å². The van der Waals surface area contributed by atoms with Crippen LogP contribution < -0.4 is 4.74 Å². The molecule has 0 amide bonds. The fraction of sp³-hybridized carbons (Fsp3) is 0.375. The van der Waals surface area contributed by atoms with Crippen molar-refractivity contribution in [3.8, 4) is 17.0 Å². The van der Waals surface area contributed by atoms with Gasteiger partial charge in [0.05, 0.1) is 5.69 Å². The van der Waals surface area contributed by atoms with Crippen molar-refractivity contribution in [2.75, 3.05) is 0 Å². The second-order valence-corrected chi connectivity index (χ2v) is 6.14. The van der Waals surface area contributed by atoms with Gasteiger partial charge in [0.25, 0.3) is 0 Å². The van der Waals surface area contributed by atoms with Gasteiger partial charge in [0.2, 0.25) is 0 Å². The van der Waals surface area contributed by atoms with E-state index in [-0.39, 0.29) is 5.75 Å². The van der Waals surface area contributed by atoms with E-state index < -0.39 is 18.1 Å². The molecule has 8 heteroatoms. The molecular weight excluding hydrogens is 325 g/mol. The molecular formula is C16H17F3N2O3. The van der Waals surface area contributed by atoms with Crippen molar-refractivity contribution in [3.05, 3.63) is 36.0 Å². The van der Waals surface area contributed by atoms with E-state index in [0.29, 0.717) is 17.0 Å². The van der Waals surface area contributed by atoms with Gasteiger partial charge in [-0.25, -0.2) is 4.79 Å². The first-order chi connectivity index (χ1) is 10.9. The molecule has 0 saturated heterocycles. The third-order valence-corrected chi connectivity index (χ3v) is 2.84. The molecule has 1 aromatic heterocycles. The minimum Gasteiger partial charge on any atom is -0.442 e. The van der Waals surface area contributed by atoms with E-state index in [2.05, 4.69) is 9.84 Å². The van der Waals surface area contributed by atoms with Crippen LogP contribution in [0.3, 0.4) is 0 Å². The Labute approximate surface area is 137 Å². The van der Waals surface area contributed by atoms with Gasteiger partial charge < -0.3 is 9.47 Å². The summed E-state index contributed by atoms with van der Waals surface area (Å²) in [6, 6.07) is 6.88. The Morgan fingerprint density at radius 2 is 1.71 bits per heavy atom. The van der Waals surface area contributed by atoms with E-state index in [1.54, 1.807) is 33.8 Å². The lowest BCUT2D eigenvalue weighted by Gasteiger charge is -2.19. The van der Waals surface area contributed by atoms with Crippen molar-refractivity contribution in [3.63, 3.8) is 0 Å². The summed E-state index contributed by atoms with van der Waals surface area (Å²) in [4.78, 5) is 12.1. The molecule has 0 fully saturated rings. The molecule has 2 rings (SSSR count). The fourth-order valence-corrected chi connectivity index (χ4v) is 1.93. The number of ether oxygens (including phenoxy) is 2. The SMILES string of the molecule is Cc1cc(-c2ccc(OC(F)(F)F)cc2)nn1C(=O)OC(C)(C)C. The molecule has 1 heterocycles. The molecule has 24 heavy (non-hydrogen) atoms. The molecule has 0 spiro atoms. The minimum absolute atomic E-state index is 0.324. The molecule has 0 radical (unpaired) electrons. The highest BCUT2D eigenvalue weighted by Gasteiger charge is 2.31. The Hall–Kier alpha value is -2.51. The number of halogens is 3. The Balaban J connectivity index is 2.22. The number of hydrogen-bond acceptors (Lipinski definition) is 4. The first kappa shape index (κ1) is 17.8. The van der Waals surface area contributed by atoms with E-state index in [0.717, 1.165) is 4.68 Å². The summed E-state index contributed by atoms with van der Waals surface area (Å²) in [7, 11) is 0. The Bertz CT molecular complexity index is 729. The number of hydrogen-bond donors (Lipinski definition) is 0. The summed E-state index contributed by atoms with van der Waals surface area (Å²) >= 11 is 0. The topological polar surface area (TPSA) is 53.4 Å². The number of benzene rings is 1. The average molecular weight is 342 g/mol. The van der Waals surface area contributed by atoms with Crippen LogP contribution in [0, 0.1) is 6.92 Å². The highest BCUT2D eigenvalue weighted by atomic mass is 19.4. The number of carbonyl (C=O) groups is 1. The molecule has 5 nitrogen and oxygen atoms in total. The third kappa shape index (κ3) is 4.74. The standard InChI is InChI=1S/C16H17F3N2O3/c1-10-9-13(20-21(10)14(22)24-15(2,3)4)11-5-7-12(8-6-11)23-16(17,18)19/h5-9H,1-4H3. The zero-order chi connectivity index (χ0) is 18.1. The van der Waals surface area contributed by atoms with Crippen molar-refractivity contribution in [2.24, 2.45) is 0 Å². The molecule has 1 aromatic carbocycles. The normalized spacial score (nSPS) is 12.1. The Kier molecular flexibility index (Phi) is 4.59. The Morgan fingerprint density at radius 3 is 2.21 bits per heavy atom. The molecule has 0 N–H and O–H groups in total. The van der Waals surface area contributed by atoms with Crippen LogP contribution in [0.5, 0.6) is 5.75 Å². The van der Waals surface area contributed by atoms with Gasteiger partial charge in [-0.05, 0) is 58.0 Å². The second kappa shape index (κ2) is 6.18. The van der Waals surface area contributed by atoms with Gasteiger partial charge in [-0.3, -0.25) is 0 Å².